The van der Waals surface area contributed by atoms with Crippen molar-refractivity contribution < 1.29 is 0 Å². The molecule has 5 nitrogen and oxygen atoms in total. The van der Waals surface area contributed by atoms with Crippen molar-refractivity contribution in [3.05, 3.63) is 47.8 Å². The minimum absolute atomic E-state index is 0.884. The maximum atomic E-state index is 3.96. The van der Waals surface area contributed by atoms with Crippen LogP contribution in [-0.2, 0) is 6.54 Å². The van der Waals surface area contributed by atoms with Crippen molar-refractivity contribution in [3.63, 3.8) is 0 Å². The van der Waals surface area contributed by atoms with Gasteiger partial charge in [0, 0.05) is 50.3 Å². The summed E-state index contributed by atoms with van der Waals surface area (Å²) in [4.78, 5) is 5.11. The van der Waals surface area contributed by atoms with Gasteiger partial charge in [-0.25, -0.2) is 0 Å². The molecule has 0 saturated carbocycles. The van der Waals surface area contributed by atoms with Gasteiger partial charge in [-0.1, -0.05) is 12.1 Å². The van der Waals surface area contributed by atoms with Crippen LogP contribution in [0.2, 0.25) is 0 Å². The Morgan fingerprint density at radius 1 is 1.12 bits per heavy atom. The van der Waals surface area contributed by atoms with Crippen molar-refractivity contribution >= 4 is 5.69 Å². The second-order valence-electron chi connectivity index (χ2n) is 6.63. The number of hydrogen-bond acceptors (Lipinski definition) is 4. The number of aromatic nitrogens is 2. The van der Waals surface area contributed by atoms with Gasteiger partial charge in [-0.3, -0.25) is 10.00 Å². The zero-order chi connectivity index (χ0) is 16.6. The van der Waals surface area contributed by atoms with Crippen LogP contribution in [0.5, 0.6) is 0 Å². The Labute approximate surface area is 145 Å². The number of aryl methyl sites for hydroxylation is 1. The second-order valence-corrected chi connectivity index (χ2v) is 6.63. The van der Waals surface area contributed by atoms with Gasteiger partial charge in [-0.05, 0) is 56.6 Å². The third-order valence-electron chi connectivity index (χ3n) is 4.69. The molecule has 24 heavy (non-hydrogen) atoms. The molecule has 1 aliphatic rings. The number of benzene rings is 1. The van der Waals surface area contributed by atoms with Crippen molar-refractivity contribution in [1.29, 1.82) is 0 Å². The van der Waals surface area contributed by atoms with Gasteiger partial charge in [0.1, 0.15) is 0 Å². The molecule has 0 atom stereocenters. The van der Waals surface area contributed by atoms with E-state index in [1.807, 2.05) is 6.07 Å². The minimum atomic E-state index is 0.884. The summed E-state index contributed by atoms with van der Waals surface area (Å²) in [5.74, 6) is 0. The topological polar surface area (TPSA) is 47.2 Å². The van der Waals surface area contributed by atoms with Crippen LogP contribution in [0.4, 0.5) is 5.69 Å². The van der Waals surface area contributed by atoms with Crippen LogP contribution in [0.1, 0.15) is 24.1 Å². The molecule has 2 heterocycles. The van der Waals surface area contributed by atoms with Gasteiger partial charge in [0.25, 0.3) is 0 Å². The van der Waals surface area contributed by atoms with Crippen molar-refractivity contribution in [2.75, 3.05) is 44.2 Å². The molecule has 1 aromatic heterocycles. The zero-order valence-corrected chi connectivity index (χ0v) is 14.7. The number of nitrogens with zero attached hydrogens (tertiary/aromatic N) is 3. The van der Waals surface area contributed by atoms with Gasteiger partial charge in [-0.15, -0.1) is 0 Å². The monoisotopic (exact) mass is 327 g/mol. The molecular weight excluding hydrogens is 298 g/mol. The average molecular weight is 327 g/mol. The summed E-state index contributed by atoms with van der Waals surface area (Å²) in [6.45, 7) is 9.97. The molecule has 2 aromatic rings. The lowest BCUT2D eigenvalue weighted by Crippen LogP contribution is -2.46. The first-order valence-corrected chi connectivity index (χ1v) is 9.04. The Balaban J connectivity index is 1.27. The second kappa shape index (κ2) is 8.85. The van der Waals surface area contributed by atoms with E-state index in [4.69, 9.17) is 0 Å². The van der Waals surface area contributed by atoms with E-state index < -0.39 is 0 Å². The smallest absolute Gasteiger partial charge is 0.0490 e. The first-order chi connectivity index (χ1) is 11.8. The van der Waals surface area contributed by atoms with E-state index in [-0.39, 0.29) is 0 Å². The maximum Gasteiger partial charge on any atom is 0.0490 e. The summed E-state index contributed by atoms with van der Waals surface area (Å²) in [7, 11) is 0. The van der Waals surface area contributed by atoms with E-state index in [2.05, 4.69) is 56.5 Å². The Bertz CT molecular complexity index is 588. The Morgan fingerprint density at radius 2 is 2.00 bits per heavy atom. The predicted octanol–water partition coefficient (Wildman–Crippen LogP) is 2.41. The third-order valence-corrected chi connectivity index (χ3v) is 4.69. The highest BCUT2D eigenvalue weighted by Crippen LogP contribution is 2.17. The highest BCUT2D eigenvalue weighted by molar-refractivity contribution is 5.48. The van der Waals surface area contributed by atoms with Gasteiger partial charge >= 0.3 is 0 Å². The Morgan fingerprint density at radius 3 is 2.75 bits per heavy atom. The van der Waals surface area contributed by atoms with Crippen molar-refractivity contribution in [2.24, 2.45) is 0 Å². The molecule has 1 aromatic carbocycles. The maximum absolute atomic E-state index is 3.96. The summed E-state index contributed by atoms with van der Waals surface area (Å²) in [6, 6.07) is 10.9. The fourth-order valence-corrected chi connectivity index (χ4v) is 3.25. The van der Waals surface area contributed by atoms with E-state index in [1.165, 1.54) is 43.7 Å². The van der Waals surface area contributed by atoms with Crippen LogP contribution < -0.4 is 10.2 Å². The summed E-state index contributed by atoms with van der Waals surface area (Å²) < 4.78 is 0. The summed E-state index contributed by atoms with van der Waals surface area (Å²) in [6.07, 6.45) is 4.29. The molecular formula is C19H29N5. The molecule has 0 unspecified atom stereocenters. The number of unbranched alkanes of at least 4 members (excludes halogenated alkanes) is 1. The predicted molar refractivity (Wildman–Crippen MR) is 99.4 cm³/mol. The van der Waals surface area contributed by atoms with Crippen LogP contribution in [0.3, 0.4) is 0 Å². The van der Waals surface area contributed by atoms with Crippen LogP contribution >= 0.6 is 0 Å². The number of anilines is 1. The van der Waals surface area contributed by atoms with Gasteiger partial charge in [-0.2, -0.15) is 5.10 Å². The highest BCUT2D eigenvalue weighted by Gasteiger charge is 2.16. The summed E-state index contributed by atoms with van der Waals surface area (Å²) in [5, 5.41) is 10.4. The van der Waals surface area contributed by atoms with Crippen molar-refractivity contribution in [1.82, 2.24) is 20.4 Å². The molecule has 0 spiro atoms. The molecule has 1 saturated heterocycles. The van der Waals surface area contributed by atoms with Gasteiger partial charge in [0.05, 0.1) is 0 Å². The number of H-pyrrole nitrogens is 1. The molecule has 5 heteroatoms. The third kappa shape index (κ3) is 5.08. The molecule has 3 rings (SSSR count). The van der Waals surface area contributed by atoms with E-state index in [9.17, 15) is 0 Å². The van der Waals surface area contributed by atoms with Crippen LogP contribution in [0.15, 0.2) is 36.5 Å². The highest BCUT2D eigenvalue weighted by atomic mass is 15.3. The normalized spacial score (nSPS) is 15.8. The molecule has 0 aliphatic carbocycles. The van der Waals surface area contributed by atoms with E-state index in [1.54, 1.807) is 6.20 Å². The average Bonchev–Trinajstić information content (AvgIpc) is 3.12. The molecule has 2 N–H and O–H groups in total. The first-order valence-electron chi connectivity index (χ1n) is 9.04. The molecule has 0 bridgehead atoms. The van der Waals surface area contributed by atoms with Crippen molar-refractivity contribution in [3.8, 4) is 0 Å². The zero-order valence-electron chi connectivity index (χ0n) is 14.7. The SMILES string of the molecule is Cc1cccc(N2CCN(CCCCNCc3ccn[nH]3)CC2)c1. The fourth-order valence-electron chi connectivity index (χ4n) is 3.25. The van der Waals surface area contributed by atoms with Gasteiger partial charge in [0.15, 0.2) is 0 Å². The van der Waals surface area contributed by atoms with E-state index >= 15 is 0 Å². The fraction of sp³-hybridized carbons (Fsp3) is 0.526. The molecule has 0 radical (unpaired) electrons. The molecule has 0 amide bonds. The first kappa shape index (κ1) is 17.0. The number of hydrogen-bond donors (Lipinski definition) is 2. The largest absolute Gasteiger partial charge is 0.369 e. The Hall–Kier alpha value is -1.85. The van der Waals surface area contributed by atoms with Gasteiger partial charge < -0.3 is 10.2 Å². The van der Waals surface area contributed by atoms with Crippen molar-refractivity contribution in [2.45, 2.75) is 26.3 Å². The quantitative estimate of drug-likeness (QED) is 0.731. The van der Waals surface area contributed by atoms with Crippen LogP contribution in [0.25, 0.3) is 0 Å². The number of piperazine rings is 1. The molecule has 130 valence electrons. The van der Waals surface area contributed by atoms with E-state index in [0.717, 1.165) is 31.9 Å². The summed E-state index contributed by atoms with van der Waals surface area (Å²) >= 11 is 0. The lowest BCUT2D eigenvalue weighted by Gasteiger charge is -2.36. The molecule has 1 fully saturated rings. The lowest BCUT2D eigenvalue weighted by molar-refractivity contribution is 0.252. The van der Waals surface area contributed by atoms with E-state index in [0.29, 0.717) is 0 Å². The minimum Gasteiger partial charge on any atom is -0.369 e. The van der Waals surface area contributed by atoms with Crippen LogP contribution in [-0.4, -0.2) is 54.4 Å². The number of rotatable bonds is 8. The Kier molecular flexibility index (Phi) is 6.26. The number of nitrogens with one attached hydrogen (secondary N) is 2. The molecule has 1 aliphatic heterocycles. The number of aromatic amines is 1. The van der Waals surface area contributed by atoms with Crippen LogP contribution in [0, 0.1) is 6.92 Å². The summed E-state index contributed by atoms with van der Waals surface area (Å²) in [5.41, 5.74) is 3.87. The van der Waals surface area contributed by atoms with Gasteiger partial charge in [0.2, 0.25) is 0 Å². The lowest BCUT2D eigenvalue weighted by atomic mass is 10.2. The standard InChI is InChI=1S/C19H29N5/c1-17-5-4-6-19(15-17)24-13-11-23(12-14-24)10-3-2-8-20-16-18-7-9-21-22-18/h4-7,9,15,20H,2-3,8,10-14,16H2,1H3,(H,21,22).